The Labute approximate surface area is 144 Å². The zero-order chi connectivity index (χ0) is 16.0. The van der Waals surface area contributed by atoms with E-state index in [0.29, 0.717) is 5.02 Å². The predicted octanol–water partition coefficient (Wildman–Crippen LogP) is 3.63. The third kappa shape index (κ3) is 5.52. The first-order chi connectivity index (χ1) is 9.86. The number of Topliss-reactive ketones (excluding diaryl/α,β-unsaturated/α-hetero) is 2. The molecule has 0 spiro atoms. The first-order valence-corrected chi connectivity index (χ1v) is 8.34. The Morgan fingerprint density at radius 2 is 1.76 bits per heavy atom. The fourth-order valence-corrected chi connectivity index (χ4v) is 2.71. The highest BCUT2D eigenvalue weighted by molar-refractivity contribution is 9.12. The van der Waals surface area contributed by atoms with Gasteiger partial charge in [0.1, 0.15) is 0 Å². The topological polar surface area (TPSA) is 60.4 Å². The van der Waals surface area contributed by atoms with Crippen LogP contribution in [0.3, 0.4) is 0 Å². The van der Waals surface area contributed by atoms with E-state index in [2.05, 4.69) is 36.6 Å². The molecule has 0 saturated heterocycles. The molecule has 0 aliphatic carbocycles. The van der Waals surface area contributed by atoms with Crippen LogP contribution in [0.5, 0.6) is 0 Å². The molecule has 1 aromatic carbocycles. The van der Waals surface area contributed by atoms with Gasteiger partial charge in [-0.3, -0.25) is 9.59 Å². The summed E-state index contributed by atoms with van der Waals surface area (Å²) in [6.07, 6.45) is -0.496. The third-order valence-corrected chi connectivity index (χ3v) is 5.65. The molecule has 114 valence electrons. The van der Waals surface area contributed by atoms with Crippen LogP contribution in [0.25, 0.3) is 0 Å². The Bertz CT molecular complexity index is 530. The minimum atomic E-state index is -0.983. The van der Waals surface area contributed by atoms with Gasteiger partial charge in [0.2, 0.25) is 5.78 Å². The van der Waals surface area contributed by atoms with E-state index < -0.39 is 28.8 Å². The van der Waals surface area contributed by atoms with Crippen LogP contribution in [0.1, 0.15) is 23.7 Å². The molecule has 21 heavy (non-hydrogen) atoms. The lowest BCUT2D eigenvalue weighted by Gasteiger charge is -2.15. The molecule has 0 aromatic heterocycles. The van der Waals surface area contributed by atoms with E-state index in [0.717, 1.165) is 5.56 Å². The minimum absolute atomic E-state index is 0.0996. The first-order valence-electron chi connectivity index (χ1n) is 6.13. The molecule has 0 aliphatic heterocycles. The van der Waals surface area contributed by atoms with E-state index in [-0.39, 0.29) is 11.4 Å². The molecule has 0 saturated carbocycles. The number of carbonyl (C=O) groups excluding carboxylic acids is 3. The molecule has 2 atom stereocenters. The number of esters is 1. The fourth-order valence-electron chi connectivity index (χ4n) is 1.52. The monoisotopic (exact) mass is 438 g/mol. The van der Waals surface area contributed by atoms with Gasteiger partial charge in [0.15, 0.2) is 5.78 Å². The Morgan fingerprint density at radius 1 is 1.19 bits per heavy atom. The summed E-state index contributed by atoms with van der Waals surface area (Å²) < 4.78 is 4.56. The number of halogens is 3. The fraction of sp³-hybridized carbons (Fsp3) is 0.357. The van der Waals surface area contributed by atoms with Gasteiger partial charge in [-0.15, -0.1) is 0 Å². The van der Waals surface area contributed by atoms with Gasteiger partial charge < -0.3 is 4.74 Å². The molecule has 0 amide bonds. The average molecular weight is 441 g/mol. The summed E-state index contributed by atoms with van der Waals surface area (Å²) in [4.78, 5) is 33.8. The maximum Gasteiger partial charge on any atom is 0.375 e. The average Bonchev–Trinajstić information content (AvgIpc) is 2.46. The van der Waals surface area contributed by atoms with Crippen LogP contribution in [0.2, 0.25) is 5.02 Å². The standard InChI is InChI=1S/C14H13Br2ClO4/c1-2-21-14(20)11(19)7-10(18)13(16)12(15)8-3-5-9(17)6-4-8/h3-6,12-13H,2,7H2,1H3/t12-,13-/m0/s1. The van der Waals surface area contributed by atoms with Gasteiger partial charge in [0, 0.05) is 5.02 Å². The van der Waals surface area contributed by atoms with Crippen molar-refractivity contribution in [2.45, 2.75) is 23.0 Å². The van der Waals surface area contributed by atoms with Crippen molar-refractivity contribution in [2.24, 2.45) is 0 Å². The second-order valence-corrected chi connectivity index (χ2v) is 6.55. The Kier molecular flexibility index (Phi) is 7.56. The molecule has 0 aliphatic rings. The second kappa shape index (κ2) is 8.66. The Morgan fingerprint density at radius 3 is 2.29 bits per heavy atom. The van der Waals surface area contributed by atoms with Crippen molar-refractivity contribution in [3.05, 3.63) is 34.9 Å². The summed E-state index contributed by atoms with van der Waals surface area (Å²) in [5.41, 5.74) is 0.832. The third-order valence-electron chi connectivity index (χ3n) is 2.59. The van der Waals surface area contributed by atoms with Crippen LogP contribution >= 0.6 is 43.5 Å². The number of benzene rings is 1. The molecule has 0 heterocycles. The summed E-state index contributed by atoms with van der Waals surface area (Å²) in [6.45, 7) is 1.69. The maximum atomic E-state index is 12.0. The molecule has 0 N–H and O–H groups in total. The molecular weight excluding hydrogens is 427 g/mol. The SMILES string of the molecule is CCOC(=O)C(=O)CC(=O)[C@H](Br)[C@@H](Br)c1ccc(Cl)cc1. The van der Waals surface area contributed by atoms with Gasteiger partial charge in [0.25, 0.3) is 0 Å². The molecule has 7 heteroatoms. The van der Waals surface area contributed by atoms with E-state index >= 15 is 0 Å². The minimum Gasteiger partial charge on any atom is -0.460 e. The van der Waals surface area contributed by atoms with Crippen molar-refractivity contribution in [3.63, 3.8) is 0 Å². The van der Waals surface area contributed by atoms with Crippen LogP contribution in [0.4, 0.5) is 0 Å². The summed E-state index contributed by atoms with van der Waals surface area (Å²) in [5.74, 6) is -2.23. The van der Waals surface area contributed by atoms with Gasteiger partial charge in [-0.2, -0.15) is 0 Å². The van der Waals surface area contributed by atoms with Crippen molar-refractivity contribution in [3.8, 4) is 0 Å². The highest BCUT2D eigenvalue weighted by Gasteiger charge is 2.28. The van der Waals surface area contributed by atoms with Gasteiger partial charge in [-0.25, -0.2) is 4.79 Å². The van der Waals surface area contributed by atoms with Crippen LogP contribution in [0.15, 0.2) is 24.3 Å². The van der Waals surface area contributed by atoms with Gasteiger partial charge in [-0.05, 0) is 24.6 Å². The van der Waals surface area contributed by atoms with Gasteiger partial charge in [0.05, 0.1) is 22.7 Å². The smallest absolute Gasteiger partial charge is 0.375 e. The maximum absolute atomic E-state index is 12.0. The van der Waals surface area contributed by atoms with Crippen LogP contribution in [-0.2, 0) is 19.1 Å². The van der Waals surface area contributed by atoms with E-state index in [9.17, 15) is 14.4 Å². The number of alkyl halides is 2. The molecule has 0 bridgehead atoms. The van der Waals surface area contributed by atoms with Crippen LogP contribution < -0.4 is 0 Å². The first kappa shape index (κ1) is 18.3. The highest BCUT2D eigenvalue weighted by atomic mass is 79.9. The second-order valence-electron chi connectivity index (χ2n) is 4.14. The van der Waals surface area contributed by atoms with Crippen molar-refractivity contribution in [1.82, 2.24) is 0 Å². The van der Waals surface area contributed by atoms with E-state index in [1.807, 2.05) is 0 Å². The summed E-state index contributed by atoms with van der Waals surface area (Å²) >= 11 is 12.4. The van der Waals surface area contributed by atoms with Crippen molar-refractivity contribution < 1.29 is 19.1 Å². The van der Waals surface area contributed by atoms with E-state index in [4.69, 9.17) is 11.6 Å². The Balaban J connectivity index is 2.67. The summed E-state index contributed by atoms with van der Waals surface area (Å²) in [6, 6.07) is 6.96. The molecule has 1 aromatic rings. The summed E-state index contributed by atoms with van der Waals surface area (Å²) in [7, 11) is 0. The van der Waals surface area contributed by atoms with Crippen molar-refractivity contribution >= 4 is 61.0 Å². The molecular formula is C14H13Br2ClO4. The number of hydrogen-bond acceptors (Lipinski definition) is 4. The number of ketones is 2. The number of ether oxygens (including phenoxy) is 1. The van der Waals surface area contributed by atoms with Gasteiger partial charge >= 0.3 is 5.97 Å². The number of hydrogen-bond donors (Lipinski definition) is 0. The molecule has 0 unspecified atom stereocenters. The highest BCUT2D eigenvalue weighted by Crippen LogP contribution is 2.33. The van der Waals surface area contributed by atoms with Crippen molar-refractivity contribution in [2.75, 3.05) is 6.61 Å². The molecule has 4 nitrogen and oxygen atoms in total. The zero-order valence-electron chi connectivity index (χ0n) is 11.1. The van der Waals surface area contributed by atoms with E-state index in [1.54, 1.807) is 31.2 Å². The van der Waals surface area contributed by atoms with Crippen molar-refractivity contribution in [1.29, 1.82) is 0 Å². The van der Waals surface area contributed by atoms with Crippen LogP contribution in [-0.4, -0.2) is 29.0 Å². The quantitative estimate of drug-likeness (QED) is 0.281. The predicted molar refractivity (Wildman–Crippen MR) is 87.1 cm³/mol. The Hall–Kier alpha value is -0.720. The normalized spacial score (nSPS) is 13.3. The molecule has 1 rings (SSSR count). The lowest BCUT2D eigenvalue weighted by Crippen LogP contribution is -2.26. The summed E-state index contributed by atoms with van der Waals surface area (Å²) in [5, 5.41) is 0.591. The van der Waals surface area contributed by atoms with Crippen LogP contribution in [0, 0.1) is 0 Å². The lowest BCUT2D eigenvalue weighted by atomic mass is 10.0. The molecule has 0 fully saturated rings. The van der Waals surface area contributed by atoms with Gasteiger partial charge in [-0.1, -0.05) is 55.6 Å². The molecule has 0 radical (unpaired) electrons. The number of carbonyl (C=O) groups is 3. The van der Waals surface area contributed by atoms with E-state index in [1.165, 1.54) is 0 Å². The lowest BCUT2D eigenvalue weighted by molar-refractivity contribution is -0.154. The largest absolute Gasteiger partial charge is 0.460 e. The number of rotatable bonds is 7. The zero-order valence-corrected chi connectivity index (χ0v) is 15.1.